The third-order valence-corrected chi connectivity index (χ3v) is 5.90. The Morgan fingerprint density at radius 1 is 0.943 bits per heavy atom. The molecule has 0 aliphatic carbocycles. The van der Waals surface area contributed by atoms with Crippen LogP contribution in [0.2, 0.25) is 0 Å². The zero-order valence-corrected chi connectivity index (χ0v) is 19.2. The van der Waals surface area contributed by atoms with Gasteiger partial charge in [-0.3, -0.25) is 14.9 Å². The number of nitrogens with one attached hydrogen (secondary N) is 1. The topological polar surface area (TPSA) is 94.2 Å². The zero-order valence-electron chi connectivity index (χ0n) is 19.2. The number of fused-ring (bicyclic) bond motifs is 1. The molecule has 4 amide bonds. The number of nitrogens with zero attached hydrogens (tertiary/aromatic N) is 1. The largest absolute Gasteiger partial charge is 0.488 e. The first-order valence-corrected chi connectivity index (χ1v) is 11.0. The average molecular weight is 470 g/mol. The summed E-state index contributed by atoms with van der Waals surface area (Å²) in [5.41, 5.74) is 3.57. The number of anilines is 1. The lowest BCUT2D eigenvalue weighted by atomic mass is 10.0. The molecule has 0 radical (unpaired) electrons. The van der Waals surface area contributed by atoms with E-state index in [1.807, 2.05) is 38.1 Å². The number of rotatable bonds is 5. The van der Waals surface area contributed by atoms with Gasteiger partial charge in [-0.1, -0.05) is 30.3 Å². The number of para-hydroxylation sites is 1. The first-order valence-electron chi connectivity index (χ1n) is 11.0. The van der Waals surface area contributed by atoms with Crippen LogP contribution in [0, 0.1) is 13.8 Å². The molecule has 0 bridgehead atoms. The van der Waals surface area contributed by atoms with Gasteiger partial charge in [-0.15, -0.1) is 0 Å². The molecule has 1 fully saturated rings. The van der Waals surface area contributed by atoms with Crippen molar-refractivity contribution in [3.63, 3.8) is 0 Å². The molecule has 0 spiro atoms. The highest BCUT2D eigenvalue weighted by Gasteiger charge is 2.37. The molecule has 0 saturated carbocycles. The van der Waals surface area contributed by atoms with Crippen LogP contribution < -0.4 is 24.4 Å². The van der Waals surface area contributed by atoms with Crippen molar-refractivity contribution in [2.24, 2.45) is 0 Å². The highest BCUT2D eigenvalue weighted by Crippen LogP contribution is 2.33. The summed E-state index contributed by atoms with van der Waals surface area (Å²) in [6.07, 6.45) is 1.44. The maximum atomic E-state index is 13.3. The van der Waals surface area contributed by atoms with Gasteiger partial charge in [0.15, 0.2) is 11.5 Å². The molecule has 1 N–H and O–H groups in total. The van der Waals surface area contributed by atoms with E-state index in [2.05, 4.69) is 5.32 Å². The number of amides is 4. The minimum Gasteiger partial charge on any atom is -0.488 e. The number of urea groups is 1. The molecule has 35 heavy (non-hydrogen) atoms. The van der Waals surface area contributed by atoms with Crippen LogP contribution in [0.3, 0.4) is 0 Å². The average Bonchev–Trinajstić information content (AvgIpc) is 3.31. The van der Waals surface area contributed by atoms with E-state index >= 15 is 0 Å². The normalized spacial score (nSPS) is 16.0. The fraction of sp³-hybridized carbons (Fsp3) is 0.148. The molecule has 0 unspecified atom stereocenters. The van der Waals surface area contributed by atoms with Gasteiger partial charge >= 0.3 is 6.03 Å². The monoisotopic (exact) mass is 470 g/mol. The first kappa shape index (κ1) is 22.2. The van der Waals surface area contributed by atoms with Crippen molar-refractivity contribution in [3.05, 3.63) is 88.5 Å². The van der Waals surface area contributed by atoms with Crippen molar-refractivity contribution in [1.82, 2.24) is 5.32 Å². The van der Waals surface area contributed by atoms with E-state index in [9.17, 15) is 14.4 Å². The molecule has 3 aromatic carbocycles. The molecule has 0 atom stereocenters. The lowest BCUT2D eigenvalue weighted by Crippen LogP contribution is -2.54. The predicted molar refractivity (Wildman–Crippen MR) is 128 cm³/mol. The van der Waals surface area contributed by atoms with E-state index in [1.165, 1.54) is 6.08 Å². The number of imide groups is 2. The van der Waals surface area contributed by atoms with Gasteiger partial charge < -0.3 is 14.2 Å². The van der Waals surface area contributed by atoms with Gasteiger partial charge in [0.25, 0.3) is 11.8 Å². The van der Waals surface area contributed by atoms with Crippen molar-refractivity contribution in [2.45, 2.75) is 20.5 Å². The van der Waals surface area contributed by atoms with Crippen molar-refractivity contribution in [2.75, 3.05) is 11.7 Å². The summed E-state index contributed by atoms with van der Waals surface area (Å²) in [5, 5.41) is 2.26. The molecule has 1 saturated heterocycles. The van der Waals surface area contributed by atoms with Gasteiger partial charge in [0.05, 0.1) is 5.69 Å². The Morgan fingerprint density at radius 3 is 2.57 bits per heavy atom. The van der Waals surface area contributed by atoms with Crippen molar-refractivity contribution in [3.8, 4) is 17.2 Å². The Kier molecular flexibility index (Phi) is 5.70. The van der Waals surface area contributed by atoms with Crippen LogP contribution >= 0.6 is 0 Å². The smallest absolute Gasteiger partial charge is 0.335 e. The molecular weight excluding hydrogens is 448 g/mol. The van der Waals surface area contributed by atoms with Crippen LogP contribution in [-0.2, 0) is 16.2 Å². The maximum Gasteiger partial charge on any atom is 0.335 e. The van der Waals surface area contributed by atoms with Crippen molar-refractivity contribution < 1.29 is 28.6 Å². The van der Waals surface area contributed by atoms with E-state index in [0.717, 1.165) is 21.6 Å². The SMILES string of the molecule is Cc1ccc(N2C(=O)NC(=O)/C(=C\c3ccccc3OCc3ccc4c(c3)OCO4)C2=O)cc1C. The second-order valence-corrected chi connectivity index (χ2v) is 8.24. The molecule has 176 valence electrons. The minimum absolute atomic E-state index is 0.165. The molecule has 8 heteroatoms. The van der Waals surface area contributed by atoms with Crippen LogP contribution in [0.15, 0.2) is 66.2 Å². The molecular formula is C27H22N2O6. The summed E-state index contributed by atoms with van der Waals surface area (Å²) in [6, 6.07) is 17.0. The molecule has 2 aliphatic heterocycles. The number of carbonyl (C=O) groups excluding carboxylic acids is 3. The Balaban J connectivity index is 1.42. The first-order chi connectivity index (χ1) is 16.9. The van der Waals surface area contributed by atoms with Gasteiger partial charge in [-0.05, 0) is 66.9 Å². The quantitative estimate of drug-likeness (QED) is 0.442. The van der Waals surface area contributed by atoms with Crippen molar-refractivity contribution >= 4 is 29.6 Å². The van der Waals surface area contributed by atoms with Gasteiger partial charge in [-0.2, -0.15) is 0 Å². The van der Waals surface area contributed by atoms with Crippen LogP contribution in [0.5, 0.6) is 17.2 Å². The fourth-order valence-electron chi connectivity index (χ4n) is 3.84. The van der Waals surface area contributed by atoms with Gasteiger partial charge in [-0.25, -0.2) is 9.69 Å². The summed E-state index contributed by atoms with van der Waals surface area (Å²) < 4.78 is 16.7. The molecule has 5 rings (SSSR count). The Labute approximate surface area is 201 Å². The summed E-state index contributed by atoms with van der Waals surface area (Å²) in [6.45, 7) is 4.26. The number of hydrogen-bond acceptors (Lipinski definition) is 6. The number of barbiturate groups is 1. The Hall–Kier alpha value is -4.59. The second kappa shape index (κ2) is 8.98. The van der Waals surface area contributed by atoms with Gasteiger partial charge in [0.1, 0.15) is 17.9 Å². The number of hydrogen-bond donors (Lipinski definition) is 1. The summed E-state index contributed by atoms with van der Waals surface area (Å²) in [7, 11) is 0. The lowest BCUT2D eigenvalue weighted by molar-refractivity contribution is -0.122. The van der Waals surface area contributed by atoms with E-state index in [0.29, 0.717) is 28.5 Å². The van der Waals surface area contributed by atoms with Crippen LogP contribution in [0.25, 0.3) is 6.08 Å². The Bertz CT molecular complexity index is 1390. The zero-order chi connectivity index (χ0) is 24.5. The molecule has 0 aromatic heterocycles. The van der Waals surface area contributed by atoms with Crippen LogP contribution in [-0.4, -0.2) is 24.6 Å². The number of benzene rings is 3. The molecule has 2 heterocycles. The van der Waals surface area contributed by atoms with E-state index in [4.69, 9.17) is 14.2 Å². The number of aryl methyl sites for hydroxylation is 2. The van der Waals surface area contributed by atoms with E-state index in [-0.39, 0.29) is 19.0 Å². The standard InChI is InChI=1S/C27H22N2O6/c1-16-7-9-20(11-17(16)2)29-26(31)21(25(30)28-27(29)32)13-19-5-3-4-6-22(19)33-14-18-8-10-23-24(12-18)35-15-34-23/h3-13H,14-15H2,1-2H3,(H,28,30,32)/b21-13+. The highest BCUT2D eigenvalue weighted by atomic mass is 16.7. The molecule has 3 aromatic rings. The number of ether oxygens (including phenoxy) is 3. The predicted octanol–water partition coefficient (Wildman–Crippen LogP) is 4.28. The summed E-state index contributed by atoms with van der Waals surface area (Å²) in [4.78, 5) is 39.3. The molecule has 2 aliphatic rings. The lowest BCUT2D eigenvalue weighted by Gasteiger charge is -2.27. The van der Waals surface area contributed by atoms with Gasteiger partial charge in [0, 0.05) is 5.56 Å². The Morgan fingerprint density at radius 2 is 1.74 bits per heavy atom. The minimum atomic E-state index is -0.784. The maximum absolute atomic E-state index is 13.3. The van der Waals surface area contributed by atoms with Crippen molar-refractivity contribution in [1.29, 1.82) is 0 Å². The van der Waals surface area contributed by atoms with Gasteiger partial charge in [0.2, 0.25) is 6.79 Å². The number of carbonyl (C=O) groups is 3. The third-order valence-electron chi connectivity index (χ3n) is 5.90. The summed E-state index contributed by atoms with van der Waals surface area (Å²) >= 11 is 0. The van der Waals surface area contributed by atoms with Crippen LogP contribution in [0.1, 0.15) is 22.3 Å². The molecule has 8 nitrogen and oxygen atoms in total. The third kappa shape index (κ3) is 4.33. The fourth-order valence-corrected chi connectivity index (χ4v) is 3.84. The second-order valence-electron chi connectivity index (χ2n) is 8.24. The highest BCUT2D eigenvalue weighted by molar-refractivity contribution is 6.39. The van der Waals surface area contributed by atoms with E-state index in [1.54, 1.807) is 36.4 Å². The van der Waals surface area contributed by atoms with E-state index < -0.39 is 17.8 Å². The van der Waals surface area contributed by atoms with Crippen LogP contribution in [0.4, 0.5) is 10.5 Å². The summed E-state index contributed by atoms with van der Waals surface area (Å²) in [5.74, 6) is 0.358.